The van der Waals surface area contributed by atoms with Crippen molar-refractivity contribution in [2.45, 2.75) is 81.2 Å². The second-order valence-corrected chi connectivity index (χ2v) is 8.14. The predicted molar refractivity (Wildman–Crippen MR) is 90.1 cm³/mol. The van der Waals surface area contributed by atoms with Crippen LogP contribution in [0.5, 0.6) is 0 Å². The molecule has 0 spiro atoms. The lowest BCUT2D eigenvalue weighted by atomic mass is 9.91. The first kappa shape index (κ1) is 18.4. The minimum atomic E-state index is -4.25. The quantitative estimate of drug-likeness (QED) is 0.861. The van der Waals surface area contributed by atoms with Crippen LogP contribution in [-0.4, -0.2) is 25.1 Å². The molecule has 4 nitrogen and oxygen atoms in total. The molecule has 0 amide bonds. The summed E-state index contributed by atoms with van der Waals surface area (Å²) in [5.41, 5.74) is 0. The summed E-state index contributed by atoms with van der Waals surface area (Å²) in [5, 5.41) is 2.72. The van der Waals surface area contributed by atoms with E-state index in [-0.39, 0.29) is 4.90 Å². The van der Waals surface area contributed by atoms with Gasteiger partial charge >= 0.3 is 0 Å². The fraction of sp³-hybridized carbons (Fsp3) is 0.667. The number of quaternary nitrogens is 1. The molecule has 130 valence electrons. The van der Waals surface area contributed by atoms with Crippen molar-refractivity contribution in [2.24, 2.45) is 0 Å². The lowest BCUT2D eigenvalue weighted by Gasteiger charge is -2.27. The largest absolute Gasteiger partial charge is 0.744 e. The number of benzene rings is 1. The van der Waals surface area contributed by atoms with Gasteiger partial charge in [0.2, 0.25) is 0 Å². The maximum atomic E-state index is 10.3. The van der Waals surface area contributed by atoms with Crippen molar-refractivity contribution >= 4 is 10.1 Å². The summed E-state index contributed by atoms with van der Waals surface area (Å²) < 4.78 is 30.8. The van der Waals surface area contributed by atoms with Crippen molar-refractivity contribution in [3.05, 3.63) is 30.3 Å². The molecule has 5 heteroatoms. The molecule has 2 saturated carbocycles. The van der Waals surface area contributed by atoms with Crippen LogP contribution in [0.25, 0.3) is 0 Å². The molecule has 1 aromatic rings. The SMILES string of the molecule is C1CCC([NH2+]C2CCCCC2)CC1.O=S(=O)([O-])c1ccccc1. The van der Waals surface area contributed by atoms with E-state index in [0.29, 0.717) is 0 Å². The Morgan fingerprint density at radius 3 is 1.57 bits per heavy atom. The third-order valence-electron chi connectivity index (χ3n) is 4.88. The van der Waals surface area contributed by atoms with Crippen LogP contribution >= 0.6 is 0 Å². The summed E-state index contributed by atoms with van der Waals surface area (Å²) in [6.45, 7) is 0. The van der Waals surface area contributed by atoms with Crippen molar-refractivity contribution in [1.29, 1.82) is 0 Å². The summed E-state index contributed by atoms with van der Waals surface area (Å²) in [5.74, 6) is 0. The van der Waals surface area contributed by atoms with Gasteiger partial charge in [-0.05, 0) is 63.5 Å². The van der Waals surface area contributed by atoms with Gasteiger partial charge in [0.1, 0.15) is 10.1 Å². The first-order chi connectivity index (χ1) is 11.1. The molecule has 1 aromatic carbocycles. The summed E-state index contributed by atoms with van der Waals surface area (Å²) >= 11 is 0. The molecule has 0 aliphatic heterocycles. The molecular formula is C18H29NO3S. The van der Waals surface area contributed by atoms with Crippen LogP contribution < -0.4 is 5.32 Å². The van der Waals surface area contributed by atoms with E-state index in [0.717, 1.165) is 12.1 Å². The highest BCUT2D eigenvalue weighted by molar-refractivity contribution is 7.85. The molecule has 23 heavy (non-hydrogen) atoms. The van der Waals surface area contributed by atoms with Gasteiger partial charge in [-0.1, -0.05) is 31.0 Å². The molecule has 0 bridgehead atoms. The van der Waals surface area contributed by atoms with E-state index >= 15 is 0 Å². The minimum Gasteiger partial charge on any atom is -0.744 e. The van der Waals surface area contributed by atoms with Gasteiger partial charge in [-0.15, -0.1) is 0 Å². The molecule has 0 heterocycles. The third-order valence-corrected chi connectivity index (χ3v) is 5.73. The van der Waals surface area contributed by atoms with E-state index in [2.05, 4.69) is 5.32 Å². The molecule has 0 unspecified atom stereocenters. The zero-order valence-electron chi connectivity index (χ0n) is 13.8. The second-order valence-electron chi connectivity index (χ2n) is 6.76. The lowest BCUT2D eigenvalue weighted by molar-refractivity contribution is -0.725. The zero-order chi connectivity index (χ0) is 16.5. The Hall–Kier alpha value is -0.910. The van der Waals surface area contributed by atoms with E-state index < -0.39 is 10.1 Å². The maximum absolute atomic E-state index is 10.3. The molecule has 2 fully saturated rings. The Kier molecular flexibility index (Phi) is 7.53. The first-order valence-electron chi connectivity index (χ1n) is 8.91. The van der Waals surface area contributed by atoms with Gasteiger partial charge in [0.25, 0.3) is 0 Å². The molecule has 2 N–H and O–H groups in total. The standard InChI is InChI=1S/C12H23N.C6H6O3S/c1-3-7-11(8-4-1)13-12-9-5-2-6-10-12;7-10(8,9)6-4-2-1-3-5-6/h11-13H,1-10H2;1-5H,(H,7,8,9). The van der Waals surface area contributed by atoms with E-state index in [4.69, 9.17) is 0 Å². The maximum Gasteiger partial charge on any atom is 0.124 e. The molecular weight excluding hydrogens is 310 g/mol. The average molecular weight is 340 g/mol. The van der Waals surface area contributed by atoms with E-state index in [9.17, 15) is 13.0 Å². The van der Waals surface area contributed by atoms with E-state index in [1.165, 1.54) is 88.5 Å². The predicted octanol–water partition coefficient (Wildman–Crippen LogP) is 2.81. The second kappa shape index (κ2) is 9.40. The molecule has 2 aliphatic carbocycles. The fourth-order valence-electron chi connectivity index (χ4n) is 3.63. The van der Waals surface area contributed by atoms with Crippen LogP contribution in [0, 0.1) is 0 Å². The van der Waals surface area contributed by atoms with E-state index in [1.54, 1.807) is 6.07 Å². The van der Waals surface area contributed by atoms with Crippen molar-refractivity contribution in [1.82, 2.24) is 0 Å². The Morgan fingerprint density at radius 1 is 0.783 bits per heavy atom. The molecule has 0 atom stereocenters. The van der Waals surface area contributed by atoms with Crippen LogP contribution in [0.4, 0.5) is 0 Å². The van der Waals surface area contributed by atoms with Gasteiger partial charge < -0.3 is 9.87 Å². The average Bonchev–Trinajstić information content (AvgIpc) is 2.57. The van der Waals surface area contributed by atoms with Crippen LogP contribution in [-0.2, 0) is 10.1 Å². The van der Waals surface area contributed by atoms with Gasteiger partial charge in [-0.3, -0.25) is 0 Å². The molecule has 2 aliphatic rings. The number of hydrogen-bond acceptors (Lipinski definition) is 3. The highest BCUT2D eigenvalue weighted by atomic mass is 32.2. The van der Waals surface area contributed by atoms with Crippen molar-refractivity contribution in [3.63, 3.8) is 0 Å². The van der Waals surface area contributed by atoms with Crippen molar-refractivity contribution < 1.29 is 18.3 Å². The summed E-state index contributed by atoms with van der Waals surface area (Å²) in [6.07, 6.45) is 15.0. The van der Waals surface area contributed by atoms with Gasteiger partial charge in [-0.25, -0.2) is 8.42 Å². The zero-order valence-corrected chi connectivity index (χ0v) is 14.6. The van der Waals surface area contributed by atoms with Crippen LogP contribution in [0.2, 0.25) is 0 Å². The van der Waals surface area contributed by atoms with Crippen molar-refractivity contribution in [3.8, 4) is 0 Å². The lowest BCUT2D eigenvalue weighted by Crippen LogP contribution is -2.95. The molecule has 0 radical (unpaired) electrons. The summed E-state index contributed by atoms with van der Waals surface area (Å²) in [6, 6.07) is 9.18. The van der Waals surface area contributed by atoms with Crippen LogP contribution in [0.1, 0.15) is 64.2 Å². The monoisotopic (exact) mass is 339 g/mol. The molecule has 0 saturated heterocycles. The Bertz CT molecular complexity index is 517. The van der Waals surface area contributed by atoms with Crippen LogP contribution in [0.3, 0.4) is 0 Å². The smallest absolute Gasteiger partial charge is 0.124 e. The Balaban J connectivity index is 0.000000174. The Labute approximate surface area is 140 Å². The number of rotatable bonds is 3. The number of hydrogen-bond donors (Lipinski definition) is 1. The summed E-state index contributed by atoms with van der Waals surface area (Å²) in [4.78, 5) is -0.185. The molecule has 3 rings (SSSR count). The first-order valence-corrected chi connectivity index (χ1v) is 10.3. The van der Waals surface area contributed by atoms with Gasteiger partial charge in [0.15, 0.2) is 0 Å². The van der Waals surface area contributed by atoms with Crippen LogP contribution in [0.15, 0.2) is 35.2 Å². The van der Waals surface area contributed by atoms with Gasteiger partial charge in [-0.2, -0.15) is 0 Å². The number of nitrogens with two attached hydrogens (primary N) is 1. The highest BCUT2D eigenvalue weighted by Gasteiger charge is 2.22. The third kappa shape index (κ3) is 7.02. The topological polar surface area (TPSA) is 73.8 Å². The van der Waals surface area contributed by atoms with Gasteiger partial charge in [0.05, 0.1) is 17.0 Å². The van der Waals surface area contributed by atoms with Crippen molar-refractivity contribution in [2.75, 3.05) is 0 Å². The fourth-order valence-corrected chi connectivity index (χ4v) is 4.12. The highest BCUT2D eigenvalue weighted by Crippen LogP contribution is 2.18. The normalized spacial score (nSPS) is 20.6. The Morgan fingerprint density at radius 2 is 1.22 bits per heavy atom. The molecule has 0 aromatic heterocycles. The van der Waals surface area contributed by atoms with Gasteiger partial charge in [0, 0.05) is 0 Å². The van der Waals surface area contributed by atoms with E-state index in [1.807, 2.05) is 0 Å². The minimum absolute atomic E-state index is 0.185. The summed E-state index contributed by atoms with van der Waals surface area (Å²) in [7, 11) is -4.25.